The second-order valence-electron chi connectivity index (χ2n) is 5.23. The van der Waals surface area contributed by atoms with Gasteiger partial charge in [-0.05, 0) is 72.7 Å². The van der Waals surface area contributed by atoms with E-state index in [2.05, 4.69) is 6.58 Å². The average Bonchev–Trinajstić information content (AvgIpc) is 2.43. The first kappa shape index (κ1) is 14.2. The van der Waals surface area contributed by atoms with Crippen LogP contribution in [0.3, 0.4) is 0 Å². The number of phenols is 2. The van der Waals surface area contributed by atoms with E-state index in [1.54, 1.807) is 12.1 Å². The predicted octanol–water partition coefficient (Wildman–Crippen LogP) is 4.36. The second kappa shape index (κ2) is 5.83. The van der Waals surface area contributed by atoms with Gasteiger partial charge in [-0.3, -0.25) is 0 Å². The molecule has 2 rings (SSSR count). The normalized spacial score (nSPS) is 10.5. The van der Waals surface area contributed by atoms with Crippen LogP contribution >= 0.6 is 0 Å². The topological polar surface area (TPSA) is 40.5 Å². The molecular formula is C18H20O2. The Labute approximate surface area is 120 Å². The van der Waals surface area contributed by atoms with Crippen molar-refractivity contribution in [2.45, 2.75) is 26.7 Å². The summed E-state index contributed by atoms with van der Waals surface area (Å²) in [4.78, 5) is 0. The fourth-order valence-electron chi connectivity index (χ4n) is 2.19. The van der Waals surface area contributed by atoms with Crippen molar-refractivity contribution >= 4 is 5.57 Å². The van der Waals surface area contributed by atoms with Gasteiger partial charge >= 0.3 is 0 Å². The van der Waals surface area contributed by atoms with Gasteiger partial charge in [-0.2, -0.15) is 0 Å². The van der Waals surface area contributed by atoms with Crippen LogP contribution in [-0.2, 0) is 6.42 Å². The van der Waals surface area contributed by atoms with Crippen molar-refractivity contribution < 1.29 is 10.2 Å². The van der Waals surface area contributed by atoms with Crippen LogP contribution in [0.15, 0.2) is 43.0 Å². The summed E-state index contributed by atoms with van der Waals surface area (Å²) in [5.41, 5.74) is 5.07. The lowest BCUT2D eigenvalue weighted by Crippen LogP contribution is -1.90. The molecule has 0 aliphatic carbocycles. The molecule has 2 heteroatoms. The molecule has 0 saturated carbocycles. The fourth-order valence-corrected chi connectivity index (χ4v) is 2.19. The summed E-state index contributed by atoms with van der Waals surface area (Å²) in [5, 5.41) is 19.1. The van der Waals surface area contributed by atoms with Gasteiger partial charge in [0.05, 0.1) is 0 Å². The maximum atomic E-state index is 9.54. The average molecular weight is 268 g/mol. The maximum Gasteiger partial charge on any atom is 0.118 e. The molecule has 2 aromatic rings. The summed E-state index contributed by atoms with van der Waals surface area (Å²) >= 11 is 0. The second-order valence-corrected chi connectivity index (χ2v) is 5.23. The van der Waals surface area contributed by atoms with Gasteiger partial charge < -0.3 is 10.2 Å². The number of hydrogen-bond acceptors (Lipinski definition) is 2. The maximum absolute atomic E-state index is 9.54. The molecule has 0 radical (unpaired) electrons. The number of phenolic OH excluding ortho intramolecular Hbond substituents is 2. The van der Waals surface area contributed by atoms with Crippen LogP contribution in [0.25, 0.3) is 5.57 Å². The van der Waals surface area contributed by atoms with Gasteiger partial charge in [0.1, 0.15) is 11.5 Å². The van der Waals surface area contributed by atoms with Crippen molar-refractivity contribution in [2.24, 2.45) is 0 Å². The van der Waals surface area contributed by atoms with Gasteiger partial charge in [-0.25, -0.2) is 0 Å². The van der Waals surface area contributed by atoms with E-state index in [1.807, 2.05) is 38.1 Å². The van der Waals surface area contributed by atoms with E-state index in [0.29, 0.717) is 11.5 Å². The van der Waals surface area contributed by atoms with Crippen molar-refractivity contribution in [3.63, 3.8) is 0 Å². The molecule has 0 spiro atoms. The molecule has 20 heavy (non-hydrogen) atoms. The predicted molar refractivity (Wildman–Crippen MR) is 83.0 cm³/mol. The first-order chi connectivity index (χ1) is 9.47. The monoisotopic (exact) mass is 268 g/mol. The zero-order valence-corrected chi connectivity index (χ0v) is 12.0. The Bertz CT molecular complexity index is 642. The zero-order chi connectivity index (χ0) is 14.7. The Morgan fingerprint density at radius 1 is 0.950 bits per heavy atom. The smallest absolute Gasteiger partial charge is 0.118 e. The third-order valence-corrected chi connectivity index (χ3v) is 3.58. The van der Waals surface area contributed by atoms with Crippen molar-refractivity contribution in [1.29, 1.82) is 0 Å². The number of aryl methyl sites for hydroxylation is 3. The minimum atomic E-state index is 0.315. The molecule has 0 aliphatic rings. The van der Waals surface area contributed by atoms with Crippen molar-refractivity contribution in [3.8, 4) is 11.5 Å². The summed E-state index contributed by atoms with van der Waals surface area (Å²) in [6, 6.07) is 11.2. The molecule has 104 valence electrons. The molecule has 0 aromatic heterocycles. The Morgan fingerprint density at radius 2 is 1.55 bits per heavy atom. The van der Waals surface area contributed by atoms with Crippen LogP contribution in [0.4, 0.5) is 0 Å². The molecule has 0 heterocycles. The third-order valence-electron chi connectivity index (χ3n) is 3.58. The molecule has 0 aliphatic heterocycles. The lowest BCUT2D eigenvalue weighted by Gasteiger charge is -2.09. The van der Waals surface area contributed by atoms with Crippen molar-refractivity contribution in [3.05, 3.63) is 65.2 Å². The first-order valence-corrected chi connectivity index (χ1v) is 6.73. The molecule has 0 amide bonds. The van der Waals surface area contributed by atoms with E-state index in [1.165, 1.54) is 5.56 Å². The van der Waals surface area contributed by atoms with E-state index in [4.69, 9.17) is 0 Å². The Kier molecular flexibility index (Phi) is 4.14. The molecule has 0 atom stereocenters. The van der Waals surface area contributed by atoms with Gasteiger partial charge in [-0.1, -0.05) is 24.8 Å². The van der Waals surface area contributed by atoms with Crippen LogP contribution in [0.2, 0.25) is 0 Å². The minimum absolute atomic E-state index is 0.315. The molecule has 0 unspecified atom stereocenters. The first-order valence-electron chi connectivity index (χ1n) is 6.73. The highest BCUT2D eigenvalue weighted by Crippen LogP contribution is 2.25. The lowest BCUT2D eigenvalue weighted by atomic mass is 9.97. The standard InChI is InChI=1S/C18H20O2/c1-12(16-7-9-18(20)14(3)11-16)4-5-15-6-8-17(19)13(2)10-15/h6-11,19-20H,1,4-5H2,2-3H3. The molecule has 2 nitrogen and oxygen atoms in total. The number of rotatable bonds is 4. The number of aromatic hydroxyl groups is 2. The minimum Gasteiger partial charge on any atom is -0.508 e. The number of benzene rings is 2. The largest absolute Gasteiger partial charge is 0.508 e. The Balaban J connectivity index is 2.04. The summed E-state index contributed by atoms with van der Waals surface area (Å²) in [6.07, 6.45) is 1.74. The van der Waals surface area contributed by atoms with E-state index in [-0.39, 0.29) is 0 Å². The summed E-state index contributed by atoms with van der Waals surface area (Å²) < 4.78 is 0. The third kappa shape index (κ3) is 3.21. The Morgan fingerprint density at radius 3 is 2.15 bits per heavy atom. The molecule has 0 bridgehead atoms. The molecule has 0 fully saturated rings. The van der Waals surface area contributed by atoms with E-state index in [0.717, 1.165) is 35.1 Å². The molecular weight excluding hydrogens is 248 g/mol. The SMILES string of the molecule is C=C(CCc1ccc(O)c(C)c1)c1ccc(O)c(C)c1. The van der Waals surface area contributed by atoms with Crippen LogP contribution < -0.4 is 0 Å². The highest BCUT2D eigenvalue weighted by molar-refractivity contribution is 5.65. The Hall–Kier alpha value is -2.22. The number of allylic oxidation sites excluding steroid dienone is 1. The molecule has 2 N–H and O–H groups in total. The highest BCUT2D eigenvalue weighted by Gasteiger charge is 2.04. The van der Waals surface area contributed by atoms with Gasteiger partial charge in [0.15, 0.2) is 0 Å². The summed E-state index contributed by atoms with van der Waals surface area (Å²) in [6.45, 7) is 7.90. The van der Waals surface area contributed by atoms with Crippen LogP contribution in [-0.4, -0.2) is 10.2 Å². The van der Waals surface area contributed by atoms with Gasteiger partial charge in [0, 0.05) is 0 Å². The summed E-state index contributed by atoms with van der Waals surface area (Å²) in [5.74, 6) is 0.650. The summed E-state index contributed by atoms with van der Waals surface area (Å²) in [7, 11) is 0. The quantitative estimate of drug-likeness (QED) is 0.865. The molecule has 2 aromatic carbocycles. The highest BCUT2D eigenvalue weighted by atomic mass is 16.3. The van der Waals surface area contributed by atoms with Gasteiger partial charge in [-0.15, -0.1) is 0 Å². The zero-order valence-electron chi connectivity index (χ0n) is 12.0. The van der Waals surface area contributed by atoms with E-state index < -0.39 is 0 Å². The lowest BCUT2D eigenvalue weighted by molar-refractivity contribution is 0.470. The van der Waals surface area contributed by atoms with Gasteiger partial charge in [0.2, 0.25) is 0 Å². The van der Waals surface area contributed by atoms with Gasteiger partial charge in [0.25, 0.3) is 0 Å². The van der Waals surface area contributed by atoms with Crippen molar-refractivity contribution in [2.75, 3.05) is 0 Å². The van der Waals surface area contributed by atoms with Crippen LogP contribution in [0.1, 0.15) is 28.7 Å². The van der Waals surface area contributed by atoms with Crippen molar-refractivity contribution in [1.82, 2.24) is 0 Å². The van der Waals surface area contributed by atoms with Crippen LogP contribution in [0.5, 0.6) is 11.5 Å². The van der Waals surface area contributed by atoms with E-state index in [9.17, 15) is 10.2 Å². The number of hydrogen-bond donors (Lipinski definition) is 2. The van der Waals surface area contributed by atoms with E-state index >= 15 is 0 Å². The molecule has 0 saturated heterocycles. The fraction of sp³-hybridized carbons (Fsp3) is 0.222. The van der Waals surface area contributed by atoms with Crippen LogP contribution in [0, 0.1) is 13.8 Å².